The van der Waals surface area contributed by atoms with Crippen molar-refractivity contribution in [1.29, 1.82) is 0 Å². The highest BCUT2D eigenvalue weighted by Gasteiger charge is 2.13. The van der Waals surface area contributed by atoms with Gasteiger partial charge < -0.3 is 15.6 Å². The number of carboxylic acid groups (broad SMARTS) is 1. The second-order valence-corrected chi connectivity index (χ2v) is 4.59. The lowest BCUT2D eigenvalue weighted by Gasteiger charge is -2.08. The number of nitrogens with zero attached hydrogens (tertiary/aromatic N) is 1. The maximum absolute atomic E-state index is 10.9. The summed E-state index contributed by atoms with van der Waals surface area (Å²) in [5.41, 5.74) is 5.75. The molecule has 0 aromatic carbocycles. The molecule has 94 valence electrons. The Morgan fingerprint density at radius 3 is 3.00 bits per heavy atom. The molecule has 0 aliphatic carbocycles. The average molecular weight is 264 g/mol. The Balaban J connectivity index is 2.01. The van der Waals surface area contributed by atoms with Crippen LogP contribution in [0.25, 0.3) is 0 Å². The molecule has 18 heavy (non-hydrogen) atoms. The first kappa shape index (κ1) is 12.4. The van der Waals surface area contributed by atoms with Gasteiger partial charge in [0.2, 0.25) is 5.88 Å². The molecule has 2 aromatic heterocycles. The maximum atomic E-state index is 10.9. The molecule has 5 nitrogen and oxygen atoms in total. The number of nitrogens with two attached hydrogens (primary N) is 1. The maximum Gasteiger partial charge on any atom is 0.338 e. The molecule has 2 heterocycles. The topological polar surface area (TPSA) is 85.4 Å². The lowest BCUT2D eigenvalue weighted by atomic mass is 10.2. The van der Waals surface area contributed by atoms with Crippen LogP contribution in [0.5, 0.6) is 5.88 Å². The molecule has 2 rings (SSSR count). The van der Waals surface area contributed by atoms with Gasteiger partial charge in [-0.15, -0.1) is 11.3 Å². The molecule has 0 bridgehead atoms. The van der Waals surface area contributed by atoms with Crippen LogP contribution in [0.4, 0.5) is 5.69 Å². The van der Waals surface area contributed by atoms with E-state index in [1.807, 2.05) is 17.5 Å². The van der Waals surface area contributed by atoms with Gasteiger partial charge in [0, 0.05) is 17.5 Å². The number of aromatic nitrogens is 1. The molecule has 0 radical (unpaired) electrons. The summed E-state index contributed by atoms with van der Waals surface area (Å²) in [5, 5.41) is 10.9. The molecule has 2 aromatic rings. The molecule has 0 unspecified atom stereocenters. The highest BCUT2D eigenvalue weighted by atomic mass is 32.1. The normalized spacial score (nSPS) is 10.2. The Kier molecular flexibility index (Phi) is 3.78. The zero-order chi connectivity index (χ0) is 13.0. The van der Waals surface area contributed by atoms with E-state index < -0.39 is 5.97 Å². The number of ether oxygens (including phenoxy) is 1. The lowest BCUT2D eigenvalue weighted by molar-refractivity contribution is 0.0697. The molecule has 3 N–H and O–H groups in total. The summed E-state index contributed by atoms with van der Waals surface area (Å²) < 4.78 is 5.41. The lowest BCUT2D eigenvalue weighted by Crippen LogP contribution is -2.08. The summed E-state index contributed by atoms with van der Waals surface area (Å²) in [5.74, 6) is -0.913. The zero-order valence-corrected chi connectivity index (χ0v) is 10.3. The van der Waals surface area contributed by atoms with E-state index in [2.05, 4.69) is 4.98 Å². The number of aromatic carboxylic acids is 1. The number of hydrogen-bond donors (Lipinski definition) is 2. The number of anilines is 1. The monoisotopic (exact) mass is 264 g/mol. The van der Waals surface area contributed by atoms with Crippen molar-refractivity contribution in [2.75, 3.05) is 12.3 Å². The van der Waals surface area contributed by atoms with Gasteiger partial charge in [0.1, 0.15) is 5.69 Å². The predicted octanol–water partition coefficient (Wildman–Crippen LogP) is 2.04. The van der Waals surface area contributed by atoms with Gasteiger partial charge in [0.25, 0.3) is 0 Å². The number of carboxylic acids is 1. The van der Waals surface area contributed by atoms with Crippen LogP contribution in [0, 0.1) is 0 Å². The largest absolute Gasteiger partial charge is 0.478 e. The smallest absolute Gasteiger partial charge is 0.338 e. The Bertz CT molecular complexity index is 540. The van der Waals surface area contributed by atoms with Crippen molar-refractivity contribution in [3.05, 3.63) is 40.2 Å². The molecule has 0 saturated carbocycles. The summed E-state index contributed by atoms with van der Waals surface area (Å²) in [7, 11) is 0. The number of rotatable bonds is 5. The number of pyridine rings is 1. The molecule has 0 fully saturated rings. The highest BCUT2D eigenvalue weighted by molar-refractivity contribution is 7.09. The minimum absolute atomic E-state index is 0.0103. The standard InChI is InChI=1S/C12H12N2O3S/c13-10-9(12(15)16)3-5-14-11(10)17-6-4-8-2-1-7-18-8/h1-3,5,7H,4,6,13H2,(H,15,16). The van der Waals surface area contributed by atoms with Gasteiger partial charge in [0.05, 0.1) is 12.2 Å². The number of thiophene rings is 1. The summed E-state index contributed by atoms with van der Waals surface area (Å²) in [6.07, 6.45) is 2.12. The third-order valence-electron chi connectivity index (χ3n) is 2.35. The molecule has 0 saturated heterocycles. The summed E-state index contributed by atoms with van der Waals surface area (Å²) in [6, 6.07) is 5.33. The van der Waals surface area contributed by atoms with E-state index >= 15 is 0 Å². The van der Waals surface area contributed by atoms with Crippen molar-refractivity contribution in [1.82, 2.24) is 4.98 Å². The van der Waals surface area contributed by atoms with Gasteiger partial charge in [-0.2, -0.15) is 0 Å². The van der Waals surface area contributed by atoms with Gasteiger partial charge in [-0.1, -0.05) is 6.07 Å². The molecule has 0 atom stereocenters. The number of hydrogen-bond acceptors (Lipinski definition) is 5. The molecule has 0 aliphatic heterocycles. The van der Waals surface area contributed by atoms with Gasteiger partial charge in [0.15, 0.2) is 0 Å². The Labute approximate surface area is 108 Å². The first-order valence-corrected chi connectivity index (χ1v) is 6.19. The summed E-state index contributed by atoms with van der Waals surface area (Å²) in [6.45, 7) is 0.417. The van der Waals surface area contributed by atoms with E-state index in [9.17, 15) is 4.79 Å². The number of nitrogen functional groups attached to an aromatic ring is 1. The van der Waals surface area contributed by atoms with E-state index in [1.165, 1.54) is 17.1 Å². The van der Waals surface area contributed by atoms with Crippen LogP contribution < -0.4 is 10.5 Å². The predicted molar refractivity (Wildman–Crippen MR) is 69.1 cm³/mol. The average Bonchev–Trinajstić information content (AvgIpc) is 2.84. The van der Waals surface area contributed by atoms with Crippen LogP contribution in [0.15, 0.2) is 29.8 Å². The quantitative estimate of drug-likeness (QED) is 0.863. The van der Waals surface area contributed by atoms with Crippen LogP contribution in [0.2, 0.25) is 0 Å². The van der Waals surface area contributed by atoms with Crippen molar-refractivity contribution in [3.8, 4) is 5.88 Å². The molecule has 0 spiro atoms. The third kappa shape index (κ3) is 2.78. The molecule has 0 amide bonds. The van der Waals surface area contributed by atoms with Crippen LogP contribution in [0.3, 0.4) is 0 Å². The van der Waals surface area contributed by atoms with Gasteiger partial charge >= 0.3 is 5.97 Å². The fraction of sp³-hybridized carbons (Fsp3) is 0.167. The van der Waals surface area contributed by atoms with E-state index in [0.717, 1.165) is 6.42 Å². The summed E-state index contributed by atoms with van der Waals surface area (Å²) >= 11 is 1.64. The second kappa shape index (κ2) is 5.50. The van der Waals surface area contributed by atoms with Crippen molar-refractivity contribution in [2.45, 2.75) is 6.42 Å². The minimum Gasteiger partial charge on any atom is -0.478 e. The fourth-order valence-electron chi connectivity index (χ4n) is 1.46. The van der Waals surface area contributed by atoms with Gasteiger partial charge in [-0.25, -0.2) is 9.78 Å². The minimum atomic E-state index is -1.09. The first-order valence-electron chi connectivity index (χ1n) is 5.31. The van der Waals surface area contributed by atoms with E-state index in [0.29, 0.717) is 6.61 Å². The highest BCUT2D eigenvalue weighted by Crippen LogP contribution is 2.22. The van der Waals surface area contributed by atoms with E-state index in [-0.39, 0.29) is 17.1 Å². The van der Waals surface area contributed by atoms with Crippen LogP contribution in [-0.2, 0) is 6.42 Å². The van der Waals surface area contributed by atoms with Crippen LogP contribution in [-0.4, -0.2) is 22.7 Å². The number of carbonyl (C=O) groups is 1. The van der Waals surface area contributed by atoms with Crippen LogP contribution >= 0.6 is 11.3 Å². The third-order valence-corrected chi connectivity index (χ3v) is 3.29. The molecule has 0 aliphatic rings. The Morgan fingerprint density at radius 1 is 1.50 bits per heavy atom. The van der Waals surface area contributed by atoms with E-state index in [1.54, 1.807) is 11.3 Å². The second-order valence-electron chi connectivity index (χ2n) is 3.56. The van der Waals surface area contributed by atoms with Crippen molar-refractivity contribution in [3.63, 3.8) is 0 Å². The molecular formula is C12H12N2O3S. The van der Waals surface area contributed by atoms with Gasteiger partial charge in [-0.05, 0) is 17.5 Å². The molecule has 6 heteroatoms. The fourth-order valence-corrected chi connectivity index (χ4v) is 2.15. The Hall–Kier alpha value is -2.08. The van der Waals surface area contributed by atoms with Crippen molar-refractivity contribution >= 4 is 23.0 Å². The summed E-state index contributed by atoms with van der Waals surface area (Å²) in [4.78, 5) is 16.0. The zero-order valence-electron chi connectivity index (χ0n) is 9.50. The van der Waals surface area contributed by atoms with Crippen molar-refractivity contribution in [2.24, 2.45) is 0 Å². The Morgan fingerprint density at radius 2 is 2.33 bits per heavy atom. The van der Waals surface area contributed by atoms with E-state index in [4.69, 9.17) is 15.6 Å². The molecular weight excluding hydrogens is 252 g/mol. The van der Waals surface area contributed by atoms with Crippen LogP contribution in [0.1, 0.15) is 15.2 Å². The SMILES string of the molecule is Nc1c(C(=O)O)ccnc1OCCc1cccs1. The first-order chi connectivity index (χ1) is 8.68. The van der Waals surface area contributed by atoms with Gasteiger partial charge in [-0.3, -0.25) is 0 Å². The van der Waals surface area contributed by atoms with Crippen molar-refractivity contribution < 1.29 is 14.6 Å².